The molecule has 2 aromatic rings. The van der Waals surface area contributed by atoms with E-state index in [-0.39, 0.29) is 0 Å². The minimum atomic E-state index is 0.556. The molecule has 3 rings (SSSR count). The zero-order chi connectivity index (χ0) is 14.1. The molecule has 5 nitrogen and oxygen atoms in total. The van der Waals surface area contributed by atoms with Crippen molar-refractivity contribution < 1.29 is 4.42 Å². The predicted molar refractivity (Wildman–Crippen MR) is 79.4 cm³/mol. The molecular weight excluding hydrogens is 320 g/mol. The lowest BCUT2D eigenvalue weighted by atomic mass is 10.1. The van der Waals surface area contributed by atoms with Gasteiger partial charge in [0.1, 0.15) is 17.4 Å². The molecule has 1 aliphatic rings. The fourth-order valence-electron chi connectivity index (χ4n) is 2.87. The highest BCUT2D eigenvalue weighted by Gasteiger charge is 2.22. The predicted octanol–water partition coefficient (Wildman–Crippen LogP) is 2.78. The van der Waals surface area contributed by atoms with Crippen LogP contribution in [0.3, 0.4) is 0 Å². The molecule has 108 valence electrons. The maximum Gasteiger partial charge on any atom is 0.169 e. The molecule has 1 unspecified atom stereocenters. The second-order valence-electron chi connectivity index (χ2n) is 5.42. The molecule has 6 heteroatoms. The number of hydrogen-bond donors (Lipinski definition) is 0. The summed E-state index contributed by atoms with van der Waals surface area (Å²) >= 11 is 3.35. The maximum atomic E-state index is 5.59. The van der Waals surface area contributed by atoms with Crippen LogP contribution < -0.4 is 0 Å². The first kappa shape index (κ1) is 13.8. The van der Waals surface area contributed by atoms with Gasteiger partial charge >= 0.3 is 0 Å². The lowest BCUT2D eigenvalue weighted by Crippen LogP contribution is -2.31. The summed E-state index contributed by atoms with van der Waals surface area (Å²) in [7, 11) is 2.17. The molecule has 0 amide bonds. The Balaban J connectivity index is 1.64. The van der Waals surface area contributed by atoms with Gasteiger partial charge in [0.05, 0.1) is 6.54 Å². The number of hydrogen-bond acceptors (Lipinski definition) is 4. The standard InChI is InChI=1S/C14H19BrN4O/c1-10-16-17-14-6-3-11(7-8-19(10)14)18(2)9-12-4-5-13(15)20-12/h4-5,11H,3,6-9H2,1-2H3. The van der Waals surface area contributed by atoms with Gasteiger partial charge < -0.3 is 8.98 Å². The highest BCUT2D eigenvalue weighted by Crippen LogP contribution is 2.21. The summed E-state index contributed by atoms with van der Waals surface area (Å²) in [6.07, 6.45) is 3.25. The Labute approximate surface area is 127 Å². The van der Waals surface area contributed by atoms with E-state index >= 15 is 0 Å². The van der Waals surface area contributed by atoms with Crippen molar-refractivity contribution in [2.24, 2.45) is 0 Å². The van der Waals surface area contributed by atoms with Crippen LogP contribution in [0.25, 0.3) is 0 Å². The van der Waals surface area contributed by atoms with Crippen molar-refractivity contribution in [3.05, 3.63) is 34.2 Å². The average molecular weight is 339 g/mol. The Kier molecular flexibility index (Phi) is 3.94. The van der Waals surface area contributed by atoms with Crippen LogP contribution in [-0.2, 0) is 19.5 Å². The van der Waals surface area contributed by atoms with Gasteiger partial charge in [0.2, 0.25) is 0 Å². The molecule has 0 saturated carbocycles. The van der Waals surface area contributed by atoms with Gasteiger partial charge in [0.25, 0.3) is 0 Å². The molecule has 0 aromatic carbocycles. The molecule has 2 aromatic heterocycles. The SMILES string of the molecule is Cc1nnc2n1CCC(N(C)Cc1ccc(Br)o1)CC2. The summed E-state index contributed by atoms with van der Waals surface area (Å²) in [5, 5.41) is 8.43. The van der Waals surface area contributed by atoms with E-state index in [0.29, 0.717) is 6.04 Å². The Hall–Kier alpha value is -1.14. The highest BCUT2D eigenvalue weighted by molar-refractivity contribution is 9.10. The molecule has 0 saturated heterocycles. The first-order chi connectivity index (χ1) is 9.63. The van der Waals surface area contributed by atoms with E-state index in [4.69, 9.17) is 4.42 Å². The summed E-state index contributed by atoms with van der Waals surface area (Å²) < 4.78 is 8.63. The number of aromatic nitrogens is 3. The summed E-state index contributed by atoms with van der Waals surface area (Å²) in [4.78, 5) is 2.38. The largest absolute Gasteiger partial charge is 0.453 e. The van der Waals surface area contributed by atoms with Gasteiger partial charge in [0.15, 0.2) is 4.67 Å². The monoisotopic (exact) mass is 338 g/mol. The van der Waals surface area contributed by atoms with Crippen LogP contribution in [0.15, 0.2) is 21.2 Å². The van der Waals surface area contributed by atoms with Gasteiger partial charge in [-0.3, -0.25) is 4.90 Å². The molecule has 0 spiro atoms. The van der Waals surface area contributed by atoms with Gasteiger partial charge in [-0.25, -0.2) is 0 Å². The first-order valence-corrected chi connectivity index (χ1v) is 7.76. The number of furan rings is 1. The van der Waals surface area contributed by atoms with E-state index in [0.717, 1.165) is 54.4 Å². The second kappa shape index (κ2) is 5.69. The van der Waals surface area contributed by atoms with Gasteiger partial charge in [-0.2, -0.15) is 0 Å². The Morgan fingerprint density at radius 2 is 2.25 bits per heavy atom. The number of aryl methyl sites for hydroxylation is 2. The van der Waals surface area contributed by atoms with Crippen molar-refractivity contribution >= 4 is 15.9 Å². The molecule has 3 heterocycles. The van der Waals surface area contributed by atoms with Gasteiger partial charge in [-0.15, -0.1) is 10.2 Å². The Morgan fingerprint density at radius 3 is 3.00 bits per heavy atom. The van der Waals surface area contributed by atoms with Crippen LogP contribution in [-0.4, -0.2) is 32.8 Å². The van der Waals surface area contributed by atoms with Crippen molar-refractivity contribution in [3.8, 4) is 0 Å². The third-order valence-corrected chi connectivity index (χ3v) is 4.48. The lowest BCUT2D eigenvalue weighted by molar-refractivity contribution is 0.195. The summed E-state index contributed by atoms with van der Waals surface area (Å²) in [5.41, 5.74) is 0. The van der Waals surface area contributed by atoms with Crippen LogP contribution in [0.1, 0.15) is 30.3 Å². The average Bonchev–Trinajstić information content (AvgIpc) is 2.89. The zero-order valence-electron chi connectivity index (χ0n) is 11.8. The molecule has 0 N–H and O–H groups in total. The molecule has 1 atom stereocenters. The van der Waals surface area contributed by atoms with E-state index in [1.165, 1.54) is 0 Å². The first-order valence-electron chi connectivity index (χ1n) is 6.96. The normalized spacial score (nSPS) is 19.1. The molecule has 0 aliphatic carbocycles. The lowest BCUT2D eigenvalue weighted by Gasteiger charge is -2.25. The Bertz CT molecular complexity index is 592. The van der Waals surface area contributed by atoms with Gasteiger partial charge in [-0.05, 0) is 54.9 Å². The highest BCUT2D eigenvalue weighted by atomic mass is 79.9. The fraction of sp³-hybridized carbons (Fsp3) is 0.571. The third kappa shape index (κ3) is 2.81. The maximum absolute atomic E-state index is 5.59. The van der Waals surface area contributed by atoms with Crippen molar-refractivity contribution in [2.75, 3.05) is 7.05 Å². The number of fused-ring (bicyclic) bond motifs is 1. The summed E-state index contributed by atoms with van der Waals surface area (Å²) in [5.74, 6) is 3.15. The van der Waals surface area contributed by atoms with Crippen LogP contribution >= 0.6 is 15.9 Å². The van der Waals surface area contributed by atoms with Crippen molar-refractivity contribution in [1.82, 2.24) is 19.7 Å². The van der Waals surface area contributed by atoms with E-state index in [2.05, 4.69) is 42.6 Å². The number of halogens is 1. The van der Waals surface area contributed by atoms with Crippen LogP contribution in [0.4, 0.5) is 0 Å². The van der Waals surface area contributed by atoms with Crippen LogP contribution in [0.2, 0.25) is 0 Å². The van der Waals surface area contributed by atoms with Crippen LogP contribution in [0.5, 0.6) is 0 Å². The van der Waals surface area contributed by atoms with Gasteiger partial charge in [0, 0.05) is 19.0 Å². The molecule has 20 heavy (non-hydrogen) atoms. The minimum absolute atomic E-state index is 0.556. The zero-order valence-corrected chi connectivity index (χ0v) is 13.4. The Morgan fingerprint density at radius 1 is 1.40 bits per heavy atom. The van der Waals surface area contributed by atoms with E-state index in [1.54, 1.807) is 0 Å². The quantitative estimate of drug-likeness (QED) is 0.863. The van der Waals surface area contributed by atoms with E-state index in [1.807, 2.05) is 19.1 Å². The minimum Gasteiger partial charge on any atom is -0.453 e. The molecule has 0 radical (unpaired) electrons. The topological polar surface area (TPSA) is 47.1 Å². The molecule has 0 bridgehead atoms. The summed E-state index contributed by atoms with van der Waals surface area (Å²) in [6, 6.07) is 4.53. The third-order valence-electron chi connectivity index (χ3n) is 4.06. The van der Waals surface area contributed by atoms with Crippen LogP contribution in [0, 0.1) is 6.92 Å². The second-order valence-corrected chi connectivity index (χ2v) is 6.20. The fourth-order valence-corrected chi connectivity index (χ4v) is 3.21. The summed E-state index contributed by atoms with van der Waals surface area (Å²) in [6.45, 7) is 3.88. The van der Waals surface area contributed by atoms with Crippen molar-refractivity contribution in [2.45, 2.75) is 45.3 Å². The molecule has 1 aliphatic heterocycles. The number of rotatable bonds is 3. The van der Waals surface area contributed by atoms with Crippen molar-refractivity contribution in [3.63, 3.8) is 0 Å². The van der Waals surface area contributed by atoms with Crippen molar-refractivity contribution in [1.29, 1.82) is 0 Å². The number of nitrogens with zero attached hydrogens (tertiary/aromatic N) is 4. The molecule has 0 fully saturated rings. The smallest absolute Gasteiger partial charge is 0.169 e. The molecular formula is C14H19BrN4O. The van der Waals surface area contributed by atoms with Gasteiger partial charge in [-0.1, -0.05) is 0 Å². The van der Waals surface area contributed by atoms with E-state index < -0.39 is 0 Å². The van der Waals surface area contributed by atoms with E-state index in [9.17, 15) is 0 Å².